The zero-order valence-corrected chi connectivity index (χ0v) is 21.4. The molecular weight excluding hydrogens is 552 g/mol. The van der Waals surface area contributed by atoms with E-state index in [0.29, 0.717) is 32.5 Å². The average molecular weight is 566 g/mol. The fourth-order valence-electron chi connectivity index (χ4n) is 4.20. The lowest BCUT2D eigenvalue weighted by Gasteiger charge is -2.16. The summed E-state index contributed by atoms with van der Waals surface area (Å²) < 4.78 is 14.5. The van der Waals surface area contributed by atoms with Gasteiger partial charge in [-0.1, -0.05) is 52.7 Å². The molecule has 3 aromatic carbocycles. The van der Waals surface area contributed by atoms with E-state index in [1.807, 2.05) is 0 Å². The summed E-state index contributed by atoms with van der Waals surface area (Å²) in [6.07, 6.45) is 0. The third kappa shape index (κ3) is 4.12. The van der Waals surface area contributed by atoms with Gasteiger partial charge in [0.15, 0.2) is 5.82 Å². The molecule has 1 aliphatic heterocycles. The molecule has 0 aliphatic carbocycles. The summed E-state index contributed by atoms with van der Waals surface area (Å²) in [7, 11) is 0. The van der Waals surface area contributed by atoms with Crippen molar-refractivity contribution in [2.75, 3.05) is 16.8 Å². The molecule has 2 aromatic heterocycles. The molecule has 0 saturated heterocycles. The molecule has 0 fully saturated rings. The highest BCUT2D eigenvalue weighted by Gasteiger charge is 2.35. The average Bonchev–Trinajstić information content (AvgIpc) is 3.51. The highest BCUT2D eigenvalue weighted by Crippen LogP contribution is 2.35. The molecule has 12 heteroatoms. The Morgan fingerprint density at radius 2 is 1.76 bits per heavy atom. The van der Waals surface area contributed by atoms with Gasteiger partial charge in [-0.05, 0) is 48.5 Å². The number of para-hydroxylation sites is 1. The lowest BCUT2D eigenvalue weighted by Crippen LogP contribution is -2.37. The van der Waals surface area contributed by atoms with Crippen LogP contribution in [0.1, 0.15) is 5.56 Å². The fourth-order valence-corrected chi connectivity index (χ4v) is 5.69. The molecule has 2 amide bonds. The van der Waals surface area contributed by atoms with Crippen LogP contribution in [0.3, 0.4) is 0 Å². The van der Waals surface area contributed by atoms with Crippen molar-refractivity contribution >= 4 is 68.3 Å². The molecule has 0 spiro atoms. The summed E-state index contributed by atoms with van der Waals surface area (Å²) >= 11 is 13.3. The van der Waals surface area contributed by atoms with E-state index in [2.05, 4.69) is 15.4 Å². The molecule has 0 atom stereocenters. The van der Waals surface area contributed by atoms with E-state index in [1.165, 1.54) is 29.2 Å². The molecular formula is C26H14Cl2FN5O3S. The van der Waals surface area contributed by atoms with Crippen LogP contribution < -0.4 is 20.3 Å². The van der Waals surface area contributed by atoms with Crippen molar-refractivity contribution in [2.24, 2.45) is 0 Å². The van der Waals surface area contributed by atoms with Crippen molar-refractivity contribution in [1.82, 2.24) is 14.6 Å². The maximum atomic E-state index is 13.6. The van der Waals surface area contributed by atoms with Gasteiger partial charge in [-0.2, -0.15) is 9.50 Å². The van der Waals surface area contributed by atoms with E-state index in [9.17, 15) is 18.8 Å². The third-order valence-electron chi connectivity index (χ3n) is 5.91. The first kappa shape index (κ1) is 24.2. The van der Waals surface area contributed by atoms with Gasteiger partial charge < -0.3 is 5.32 Å². The highest BCUT2D eigenvalue weighted by atomic mass is 35.5. The van der Waals surface area contributed by atoms with Gasteiger partial charge in [-0.25, -0.2) is 4.39 Å². The standard InChI is InChI=1S/C26H14Cl2FN5O3S/c27-13-5-10-16(18(28)11-13)23-31-26-34(32-23)25(37)22(38-26)21-17-3-1-2-4-19(17)33(24(21)36)12-20(35)30-15-8-6-14(29)7-9-15/h1-11H,12H2,(H,30,35)/b22-21-. The lowest BCUT2D eigenvalue weighted by atomic mass is 10.1. The Bertz CT molecular complexity index is 1890. The summed E-state index contributed by atoms with van der Waals surface area (Å²) in [5.41, 5.74) is 1.59. The predicted molar refractivity (Wildman–Crippen MR) is 144 cm³/mol. The Labute approximate surface area is 227 Å². The van der Waals surface area contributed by atoms with Gasteiger partial charge in [0.1, 0.15) is 16.9 Å². The second-order valence-electron chi connectivity index (χ2n) is 8.33. The van der Waals surface area contributed by atoms with Crippen molar-refractivity contribution in [3.05, 3.63) is 103 Å². The van der Waals surface area contributed by atoms with Crippen LogP contribution in [0.25, 0.3) is 21.9 Å². The first-order chi connectivity index (χ1) is 18.3. The molecule has 38 heavy (non-hydrogen) atoms. The zero-order chi connectivity index (χ0) is 26.6. The number of thiazole rings is 1. The van der Waals surface area contributed by atoms with Gasteiger partial charge >= 0.3 is 0 Å². The van der Waals surface area contributed by atoms with Crippen LogP contribution in [-0.4, -0.2) is 33.0 Å². The quantitative estimate of drug-likeness (QED) is 0.353. The molecule has 0 unspecified atom stereocenters. The number of nitrogens with one attached hydrogen (secondary N) is 1. The minimum Gasteiger partial charge on any atom is -0.325 e. The SMILES string of the molecule is O=C(CN1C(=O)/C(=c2\sc3nc(-c4ccc(Cl)cc4Cl)nn3c2=O)c2ccccc21)Nc1ccc(F)cc1. The summed E-state index contributed by atoms with van der Waals surface area (Å²) in [5.74, 6) is -1.15. The number of halogens is 3. The Morgan fingerprint density at radius 3 is 2.50 bits per heavy atom. The largest absolute Gasteiger partial charge is 0.325 e. The van der Waals surface area contributed by atoms with Crippen molar-refractivity contribution in [1.29, 1.82) is 0 Å². The maximum Gasteiger partial charge on any atom is 0.291 e. The van der Waals surface area contributed by atoms with Crippen molar-refractivity contribution in [2.45, 2.75) is 0 Å². The highest BCUT2D eigenvalue weighted by molar-refractivity contribution is 7.15. The first-order valence-corrected chi connectivity index (χ1v) is 12.7. The minimum absolute atomic E-state index is 0.160. The number of carbonyl (C=O) groups is 2. The molecule has 8 nitrogen and oxygen atoms in total. The van der Waals surface area contributed by atoms with Gasteiger partial charge in [0.2, 0.25) is 10.9 Å². The molecule has 0 bridgehead atoms. The van der Waals surface area contributed by atoms with Gasteiger partial charge in [0.25, 0.3) is 11.5 Å². The molecule has 6 rings (SSSR count). The smallest absolute Gasteiger partial charge is 0.291 e. The summed E-state index contributed by atoms with van der Waals surface area (Å²) in [5, 5.41) is 7.76. The van der Waals surface area contributed by atoms with E-state index in [1.54, 1.807) is 42.5 Å². The number of hydrogen-bond acceptors (Lipinski definition) is 6. The first-order valence-electron chi connectivity index (χ1n) is 11.2. The third-order valence-corrected chi connectivity index (χ3v) is 7.49. The number of anilines is 2. The zero-order valence-electron chi connectivity index (χ0n) is 19.1. The fraction of sp³-hybridized carbons (Fsp3) is 0.0385. The molecule has 0 radical (unpaired) electrons. The number of hydrogen-bond donors (Lipinski definition) is 1. The van der Waals surface area contributed by atoms with E-state index < -0.39 is 23.2 Å². The molecule has 1 aliphatic rings. The Morgan fingerprint density at radius 1 is 1.00 bits per heavy atom. The van der Waals surface area contributed by atoms with Gasteiger partial charge in [0, 0.05) is 21.8 Å². The van der Waals surface area contributed by atoms with Crippen LogP contribution in [0, 0.1) is 5.82 Å². The number of rotatable bonds is 4. The Kier molecular flexibility index (Phi) is 5.94. The van der Waals surface area contributed by atoms with Gasteiger partial charge in [-0.3, -0.25) is 19.3 Å². The lowest BCUT2D eigenvalue weighted by molar-refractivity contribution is -0.118. The molecule has 188 valence electrons. The number of carbonyl (C=O) groups excluding carboxylic acids is 2. The normalized spacial score (nSPS) is 14.3. The van der Waals surface area contributed by atoms with Gasteiger partial charge in [-0.15, -0.1) is 5.10 Å². The van der Waals surface area contributed by atoms with Crippen LogP contribution in [0.2, 0.25) is 10.0 Å². The summed E-state index contributed by atoms with van der Waals surface area (Å²) in [4.78, 5) is 45.7. The predicted octanol–water partition coefficient (Wildman–Crippen LogP) is 4.17. The van der Waals surface area contributed by atoms with Gasteiger partial charge in [0.05, 0.1) is 16.3 Å². The van der Waals surface area contributed by atoms with Crippen molar-refractivity contribution in [3.8, 4) is 11.4 Å². The number of benzene rings is 3. The van der Waals surface area contributed by atoms with Crippen LogP contribution in [0.5, 0.6) is 0 Å². The summed E-state index contributed by atoms with van der Waals surface area (Å²) in [6.45, 7) is -0.301. The van der Waals surface area contributed by atoms with E-state index in [-0.39, 0.29) is 27.4 Å². The van der Waals surface area contributed by atoms with Crippen LogP contribution in [0.15, 0.2) is 71.5 Å². The number of aromatic nitrogens is 3. The van der Waals surface area contributed by atoms with Crippen LogP contribution in [-0.2, 0) is 9.59 Å². The second-order valence-corrected chi connectivity index (χ2v) is 10.1. The number of fused-ring (bicyclic) bond motifs is 2. The van der Waals surface area contributed by atoms with E-state index >= 15 is 0 Å². The molecule has 1 N–H and O–H groups in total. The second kappa shape index (κ2) is 9.32. The van der Waals surface area contributed by atoms with Crippen LogP contribution >= 0.6 is 34.5 Å². The molecule has 3 heterocycles. The van der Waals surface area contributed by atoms with Crippen LogP contribution in [0.4, 0.5) is 15.8 Å². The van der Waals surface area contributed by atoms with E-state index in [0.717, 1.165) is 15.9 Å². The number of nitrogens with zero attached hydrogens (tertiary/aromatic N) is 4. The maximum absolute atomic E-state index is 13.6. The Balaban J connectivity index is 1.39. The Hall–Kier alpha value is -4.12. The molecule has 5 aromatic rings. The van der Waals surface area contributed by atoms with Crippen molar-refractivity contribution < 1.29 is 14.0 Å². The number of amides is 2. The topological polar surface area (TPSA) is 96.7 Å². The summed E-state index contributed by atoms with van der Waals surface area (Å²) in [6, 6.07) is 17.1. The monoisotopic (exact) mass is 565 g/mol. The van der Waals surface area contributed by atoms with Crippen molar-refractivity contribution in [3.63, 3.8) is 0 Å². The van der Waals surface area contributed by atoms with E-state index in [4.69, 9.17) is 23.2 Å². The minimum atomic E-state index is -0.510. The molecule has 0 saturated carbocycles.